The summed E-state index contributed by atoms with van der Waals surface area (Å²) in [7, 11) is 0. The number of carbonyl (C=O) groups is 1. The van der Waals surface area contributed by atoms with Crippen LogP contribution in [0.1, 0.15) is 30.0 Å². The number of pyridine rings is 1. The Hall–Kier alpha value is -3.99. The number of hydrogen-bond acceptors (Lipinski definition) is 6. The topological polar surface area (TPSA) is 131 Å². The van der Waals surface area contributed by atoms with Gasteiger partial charge >= 0.3 is 6.03 Å². The highest BCUT2D eigenvalue weighted by molar-refractivity contribution is 5.97. The number of halogens is 2. The van der Waals surface area contributed by atoms with Crippen LogP contribution < -0.4 is 11.2 Å². The molecule has 152 valence electrons. The van der Waals surface area contributed by atoms with Gasteiger partial charge < -0.3 is 10.8 Å². The van der Waals surface area contributed by atoms with E-state index in [9.17, 15) is 18.7 Å². The fraction of sp³-hybridized carbons (Fsp3) is 0.105. The molecular formula is C19H15F2N7O2. The average molecular weight is 411 g/mol. The van der Waals surface area contributed by atoms with Gasteiger partial charge in [-0.15, -0.1) is 0 Å². The highest BCUT2D eigenvalue weighted by atomic mass is 19.1. The third kappa shape index (κ3) is 3.31. The standard InChI is InChI=1S/C19H15F2N7O2/c1-9(25-26-19(22)30)12-4-5-15-24-8-14(28(15)27-12)18(29)16-11(20)7-13-10(17(16)21)3-2-6-23-13/h2-8,18,29H,1H3,(H3,22,26,30)/b25-9+. The highest BCUT2D eigenvalue weighted by Gasteiger charge is 2.25. The van der Waals surface area contributed by atoms with Crippen molar-refractivity contribution in [1.82, 2.24) is 25.0 Å². The van der Waals surface area contributed by atoms with E-state index >= 15 is 0 Å². The molecule has 0 fully saturated rings. The molecule has 1 unspecified atom stereocenters. The number of fused-ring (bicyclic) bond motifs is 2. The van der Waals surface area contributed by atoms with Crippen molar-refractivity contribution in [2.75, 3.05) is 0 Å². The largest absolute Gasteiger partial charge is 0.382 e. The summed E-state index contributed by atoms with van der Waals surface area (Å²) < 4.78 is 30.9. The number of rotatable bonds is 4. The highest BCUT2D eigenvalue weighted by Crippen LogP contribution is 2.31. The number of aromatic nitrogens is 4. The minimum atomic E-state index is -1.69. The van der Waals surface area contributed by atoms with Crippen LogP contribution >= 0.6 is 0 Å². The molecule has 0 radical (unpaired) electrons. The lowest BCUT2D eigenvalue weighted by Gasteiger charge is -2.14. The number of nitrogens with one attached hydrogen (secondary N) is 1. The number of hydrogen-bond donors (Lipinski definition) is 3. The van der Waals surface area contributed by atoms with Gasteiger partial charge in [0.2, 0.25) is 0 Å². The van der Waals surface area contributed by atoms with E-state index in [0.29, 0.717) is 17.1 Å². The van der Waals surface area contributed by atoms with Crippen molar-refractivity contribution in [3.05, 3.63) is 71.3 Å². The Bertz CT molecular complexity index is 1320. The molecule has 0 aliphatic carbocycles. The first-order chi connectivity index (χ1) is 14.4. The molecule has 0 aliphatic rings. The van der Waals surface area contributed by atoms with Crippen LogP contribution in [0.4, 0.5) is 13.6 Å². The van der Waals surface area contributed by atoms with Crippen LogP contribution in [-0.4, -0.2) is 36.4 Å². The fourth-order valence-electron chi connectivity index (χ4n) is 3.03. The van der Waals surface area contributed by atoms with Gasteiger partial charge in [-0.1, -0.05) is 0 Å². The van der Waals surface area contributed by atoms with E-state index in [1.165, 1.54) is 29.0 Å². The molecule has 0 saturated heterocycles. The lowest BCUT2D eigenvalue weighted by Crippen LogP contribution is -2.25. The van der Waals surface area contributed by atoms with E-state index in [-0.39, 0.29) is 16.6 Å². The van der Waals surface area contributed by atoms with Crippen LogP contribution in [0.2, 0.25) is 0 Å². The van der Waals surface area contributed by atoms with Crippen molar-refractivity contribution >= 4 is 28.3 Å². The zero-order valence-electron chi connectivity index (χ0n) is 15.5. The summed E-state index contributed by atoms with van der Waals surface area (Å²) >= 11 is 0. The van der Waals surface area contributed by atoms with Gasteiger partial charge in [-0.05, 0) is 31.2 Å². The third-order valence-corrected chi connectivity index (χ3v) is 4.48. The van der Waals surface area contributed by atoms with Crippen LogP contribution in [0.5, 0.6) is 0 Å². The van der Waals surface area contributed by atoms with Crippen LogP contribution in [0.3, 0.4) is 0 Å². The molecule has 30 heavy (non-hydrogen) atoms. The molecule has 1 aromatic carbocycles. The van der Waals surface area contributed by atoms with E-state index < -0.39 is 29.3 Å². The van der Waals surface area contributed by atoms with Gasteiger partial charge in [0.1, 0.15) is 23.4 Å². The molecule has 1 atom stereocenters. The van der Waals surface area contributed by atoms with E-state index in [4.69, 9.17) is 5.73 Å². The first-order valence-electron chi connectivity index (χ1n) is 8.72. The van der Waals surface area contributed by atoms with Gasteiger partial charge in [0.05, 0.1) is 28.7 Å². The maximum absolute atomic E-state index is 15.0. The minimum absolute atomic E-state index is 0.0450. The molecule has 0 saturated carbocycles. The smallest absolute Gasteiger partial charge is 0.332 e. The second-order valence-electron chi connectivity index (χ2n) is 6.40. The summed E-state index contributed by atoms with van der Waals surface area (Å²) in [5, 5.41) is 19.0. The number of imidazole rings is 1. The van der Waals surface area contributed by atoms with Crippen molar-refractivity contribution in [3.63, 3.8) is 0 Å². The number of amides is 2. The summed E-state index contributed by atoms with van der Waals surface area (Å²) in [4.78, 5) is 18.9. The van der Waals surface area contributed by atoms with Crippen LogP contribution in [0.25, 0.3) is 16.6 Å². The van der Waals surface area contributed by atoms with Crippen molar-refractivity contribution < 1.29 is 18.7 Å². The van der Waals surface area contributed by atoms with Crippen molar-refractivity contribution in [3.8, 4) is 0 Å². The monoisotopic (exact) mass is 411 g/mol. The summed E-state index contributed by atoms with van der Waals surface area (Å²) in [6, 6.07) is 6.35. The number of benzene rings is 1. The first-order valence-corrected chi connectivity index (χ1v) is 8.72. The summed E-state index contributed by atoms with van der Waals surface area (Å²) in [6.45, 7) is 1.58. The van der Waals surface area contributed by atoms with Gasteiger partial charge in [0.15, 0.2) is 5.65 Å². The van der Waals surface area contributed by atoms with Gasteiger partial charge in [-0.25, -0.2) is 28.5 Å². The predicted octanol–water partition coefficient (Wildman–Crippen LogP) is 2.03. The Morgan fingerprint density at radius 2 is 2.10 bits per heavy atom. The minimum Gasteiger partial charge on any atom is -0.382 e. The lowest BCUT2D eigenvalue weighted by molar-refractivity contribution is 0.202. The number of hydrazone groups is 1. The molecule has 11 heteroatoms. The average Bonchev–Trinajstić information content (AvgIpc) is 3.15. The number of nitrogens with two attached hydrogens (primary N) is 1. The second-order valence-corrected chi connectivity index (χ2v) is 6.40. The zero-order valence-corrected chi connectivity index (χ0v) is 15.5. The Balaban J connectivity index is 1.82. The molecule has 4 rings (SSSR count). The molecule has 0 spiro atoms. The van der Waals surface area contributed by atoms with E-state index in [1.54, 1.807) is 19.1 Å². The van der Waals surface area contributed by atoms with E-state index in [1.807, 2.05) is 0 Å². The molecule has 3 aromatic heterocycles. The van der Waals surface area contributed by atoms with E-state index in [0.717, 1.165) is 6.07 Å². The molecular weight excluding hydrogens is 396 g/mol. The quantitative estimate of drug-likeness (QED) is 0.349. The first kappa shape index (κ1) is 19.3. The van der Waals surface area contributed by atoms with Crippen molar-refractivity contribution in [2.24, 2.45) is 10.8 Å². The van der Waals surface area contributed by atoms with Crippen molar-refractivity contribution in [1.29, 1.82) is 0 Å². The molecule has 4 N–H and O–H groups in total. The Morgan fingerprint density at radius 3 is 2.87 bits per heavy atom. The summed E-state index contributed by atoms with van der Waals surface area (Å²) in [6.07, 6.45) is 1.01. The molecule has 3 heterocycles. The lowest BCUT2D eigenvalue weighted by atomic mass is 10.0. The van der Waals surface area contributed by atoms with Gasteiger partial charge in [-0.3, -0.25) is 4.98 Å². The zero-order chi connectivity index (χ0) is 21.4. The van der Waals surface area contributed by atoms with Gasteiger partial charge in [0, 0.05) is 17.6 Å². The fourth-order valence-corrected chi connectivity index (χ4v) is 3.03. The van der Waals surface area contributed by atoms with Gasteiger partial charge in [0.25, 0.3) is 0 Å². The van der Waals surface area contributed by atoms with Crippen molar-refractivity contribution in [2.45, 2.75) is 13.0 Å². The normalized spacial score (nSPS) is 13.0. The van der Waals surface area contributed by atoms with Crippen LogP contribution in [0, 0.1) is 11.6 Å². The number of aliphatic hydroxyl groups excluding tert-OH is 1. The Morgan fingerprint density at radius 1 is 1.30 bits per heavy atom. The number of carbonyl (C=O) groups excluding carboxylic acids is 1. The number of nitrogens with zero attached hydrogens (tertiary/aromatic N) is 5. The molecule has 9 nitrogen and oxygen atoms in total. The van der Waals surface area contributed by atoms with Crippen LogP contribution in [-0.2, 0) is 0 Å². The number of urea groups is 1. The summed E-state index contributed by atoms with van der Waals surface area (Å²) in [5.74, 6) is -1.86. The van der Waals surface area contributed by atoms with Crippen LogP contribution in [0.15, 0.2) is 47.8 Å². The Labute approximate surface area is 167 Å². The second kappa shape index (κ2) is 7.44. The SMILES string of the molecule is C/C(=N\NC(N)=O)c1ccc2ncc(C(O)c3c(F)cc4ncccc4c3F)n2n1. The molecule has 0 bridgehead atoms. The Kier molecular flexibility index (Phi) is 4.80. The molecule has 0 aliphatic heterocycles. The predicted molar refractivity (Wildman–Crippen MR) is 104 cm³/mol. The molecule has 4 aromatic rings. The summed E-state index contributed by atoms with van der Waals surface area (Å²) in [5.41, 5.74) is 7.70. The van der Waals surface area contributed by atoms with E-state index in [2.05, 4.69) is 25.6 Å². The maximum Gasteiger partial charge on any atom is 0.332 e. The molecule has 2 amide bonds. The number of primary amides is 1. The van der Waals surface area contributed by atoms with Gasteiger partial charge in [-0.2, -0.15) is 10.2 Å². The number of aliphatic hydroxyl groups is 1. The third-order valence-electron chi connectivity index (χ3n) is 4.48. The maximum atomic E-state index is 15.0.